The zero-order chi connectivity index (χ0) is 20.6. The fourth-order valence-electron chi connectivity index (χ4n) is 3.63. The number of methoxy groups -OCH3 is 1. The number of nitrogens with two attached hydrogens (primary N) is 1. The number of hydrogen-bond acceptors (Lipinski definition) is 6. The molecule has 150 valence electrons. The lowest BCUT2D eigenvalue weighted by atomic mass is 9.99. The number of hydrogen-bond donors (Lipinski definition) is 1. The number of benzene rings is 2. The normalized spacial score (nSPS) is 23.7. The van der Waals surface area contributed by atoms with Gasteiger partial charge in [-0.05, 0) is 23.6 Å². The van der Waals surface area contributed by atoms with Gasteiger partial charge in [-0.3, -0.25) is 15.4 Å². The highest BCUT2D eigenvalue weighted by Crippen LogP contribution is 2.45. The van der Waals surface area contributed by atoms with E-state index < -0.39 is 29.1 Å². The van der Waals surface area contributed by atoms with E-state index in [1.165, 1.54) is 23.8 Å². The second kappa shape index (κ2) is 7.67. The number of β-lactam (4-membered cyclic amide) rings is 1. The highest BCUT2D eigenvalue weighted by atomic mass is 32.2. The molecule has 0 aliphatic carbocycles. The molecule has 2 aromatic carbocycles. The minimum atomic E-state index is -1.41. The molecule has 2 heterocycles. The third-order valence-electron chi connectivity index (χ3n) is 5.22. The first kappa shape index (κ1) is 19.7. The van der Waals surface area contributed by atoms with Crippen LogP contribution < -0.4 is 5.73 Å². The number of amides is 1. The zero-order valence-electron chi connectivity index (χ0n) is 16.2. The lowest BCUT2D eigenvalue weighted by Crippen LogP contribution is -2.78. The first-order valence-electron chi connectivity index (χ1n) is 9.27. The molecule has 2 aliphatic rings. The van der Waals surface area contributed by atoms with Crippen molar-refractivity contribution in [3.8, 4) is 0 Å². The topological polar surface area (TPSA) is 81.9 Å². The smallest absolute Gasteiger partial charge is 0.356 e. The van der Waals surface area contributed by atoms with Crippen LogP contribution in [0.3, 0.4) is 0 Å². The molecule has 6 nitrogen and oxygen atoms in total. The Hall–Kier alpha value is -2.61. The van der Waals surface area contributed by atoms with Crippen molar-refractivity contribution in [1.82, 2.24) is 4.90 Å². The average molecular weight is 410 g/mol. The second-order valence-corrected chi connectivity index (χ2v) is 8.14. The van der Waals surface area contributed by atoms with Crippen LogP contribution in [0.4, 0.5) is 0 Å². The van der Waals surface area contributed by atoms with Gasteiger partial charge in [0.1, 0.15) is 11.1 Å². The van der Waals surface area contributed by atoms with Crippen molar-refractivity contribution in [3.63, 3.8) is 0 Å². The van der Waals surface area contributed by atoms with Crippen molar-refractivity contribution < 1.29 is 19.1 Å². The van der Waals surface area contributed by atoms with Gasteiger partial charge in [-0.2, -0.15) is 0 Å². The molecule has 2 aromatic rings. The summed E-state index contributed by atoms with van der Waals surface area (Å²) >= 11 is 1.48. The summed E-state index contributed by atoms with van der Waals surface area (Å²) in [6, 6.07) is 19.1. The number of carbonyl (C=O) groups excluding carboxylic acids is 2. The standard InChI is InChI=1S/C22H22N2O4S/c1-14-13-29-21-22(23,27-2)20(26)24(21)17(14)19(25)28-18(15-9-5-3-6-10-15)16-11-7-4-8-12-16/h3-12,18,21H,13,23H2,1-2H3/t21-,22?/m0/s1. The van der Waals surface area contributed by atoms with Crippen molar-refractivity contribution >= 4 is 23.6 Å². The van der Waals surface area contributed by atoms with Gasteiger partial charge in [0.25, 0.3) is 5.91 Å². The molecule has 0 spiro atoms. The molecule has 7 heteroatoms. The van der Waals surface area contributed by atoms with Gasteiger partial charge in [0.05, 0.1) is 0 Å². The molecule has 1 fully saturated rings. The van der Waals surface area contributed by atoms with E-state index in [2.05, 4.69) is 0 Å². The number of fused-ring (bicyclic) bond motifs is 1. The quantitative estimate of drug-likeness (QED) is 0.464. The molecular weight excluding hydrogens is 388 g/mol. The molecular formula is C22H22N2O4S. The summed E-state index contributed by atoms with van der Waals surface area (Å²) in [5.74, 6) is -0.404. The number of carbonyl (C=O) groups is 2. The monoisotopic (exact) mass is 410 g/mol. The van der Waals surface area contributed by atoms with Gasteiger partial charge >= 0.3 is 5.97 Å². The summed E-state index contributed by atoms with van der Waals surface area (Å²) < 4.78 is 11.2. The first-order valence-corrected chi connectivity index (χ1v) is 10.3. The van der Waals surface area contributed by atoms with E-state index in [1.54, 1.807) is 0 Å². The maximum absolute atomic E-state index is 13.2. The van der Waals surface area contributed by atoms with Crippen LogP contribution in [0, 0.1) is 0 Å². The Labute approximate surface area is 173 Å². The zero-order valence-corrected chi connectivity index (χ0v) is 17.0. The van der Waals surface area contributed by atoms with Crippen molar-refractivity contribution in [3.05, 3.63) is 83.1 Å². The van der Waals surface area contributed by atoms with Crippen LogP contribution in [0.25, 0.3) is 0 Å². The van der Waals surface area contributed by atoms with E-state index in [0.29, 0.717) is 5.75 Å². The maximum Gasteiger partial charge on any atom is 0.356 e. The summed E-state index contributed by atoms with van der Waals surface area (Å²) in [5.41, 5.74) is 7.42. The molecule has 0 radical (unpaired) electrons. The minimum Gasteiger partial charge on any atom is -0.448 e. The van der Waals surface area contributed by atoms with E-state index in [1.807, 2.05) is 67.6 Å². The average Bonchev–Trinajstić information content (AvgIpc) is 2.77. The number of ether oxygens (including phenoxy) is 2. The van der Waals surface area contributed by atoms with E-state index in [4.69, 9.17) is 15.2 Å². The lowest BCUT2D eigenvalue weighted by Gasteiger charge is -2.54. The maximum atomic E-state index is 13.2. The SMILES string of the molecule is COC1(N)C(=O)N2C(C(=O)OC(c3ccccc3)c3ccccc3)=C(C)CS[C@H]21. The first-order chi connectivity index (χ1) is 14.0. The van der Waals surface area contributed by atoms with Crippen LogP contribution in [-0.2, 0) is 19.1 Å². The molecule has 0 bridgehead atoms. The van der Waals surface area contributed by atoms with Crippen LogP contribution in [0.5, 0.6) is 0 Å². The third-order valence-corrected chi connectivity index (χ3v) is 6.69. The predicted molar refractivity (Wildman–Crippen MR) is 111 cm³/mol. The van der Waals surface area contributed by atoms with Gasteiger partial charge in [0, 0.05) is 12.9 Å². The Morgan fingerprint density at radius 1 is 1.14 bits per heavy atom. The molecule has 1 amide bonds. The van der Waals surface area contributed by atoms with Gasteiger partial charge in [0.15, 0.2) is 6.10 Å². The van der Waals surface area contributed by atoms with E-state index in [0.717, 1.165) is 16.7 Å². The molecule has 1 saturated heterocycles. The van der Waals surface area contributed by atoms with Crippen LogP contribution in [0.15, 0.2) is 71.9 Å². The van der Waals surface area contributed by atoms with Crippen LogP contribution >= 0.6 is 11.8 Å². The van der Waals surface area contributed by atoms with Crippen LogP contribution in [0.2, 0.25) is 0 Å². The summed E-state index contributed by atoms with van der Waals surface area (Å²) in [6.07, 6.45) is -0.584. The summed E-state index contributed by atoms with van der Waals surface area (Å²) in [6.45, 7) is 1.83. The number of nitrogens with zero attached hydrogens (tertiary/aromatic N) is 1. The molecule has 29 heavy (non-hydrogen) atoms. The molecule has 1 unspecified atom stereocenters. The van der Waals surface area contributed by atoms with Gasteiger partial charge in [-0.15, -0.1) is 11.8 Å². The Kier molecular flexibility index (Phi) is 5.21. The number of thioether (sulfide) groups is 1. The Morgan fingerprint density at radius 3 is 2.21 bits per heavy atom. The summed E-state index contributed by atoms with van der Waals surface area (Å²) in [5, 5.41) is -0.446. The Balaban J connectivity index is 1.65. The highest BCUT2D eigenvalue weighted by Gasteiger charge is 2.63. The van der Waals surface area contributed by atoms with Gasteiger partial charge in [-0.1, -0.05) is 60.7 Å². The predicted octanol–water partition coefficient (Wildman–Crippen LogP) is 2.81. The fourth-order valence-corrected chi connectivity index (χ4v) is 4.97. The molecule has 2 atom stereocenters. The van der Waals surface area contributed by atoms with Gasteiger partial charge in [-0.25, -0.2) is 4.79 Å². The second-order valence-electron chi connectivity index (χ2n) is 7.07. The van der Waals surface area contributed by atoms with Gasteiger partial charge in [0.2, 0.25) is 5.72 Å². The molecule has 0 saturated carbocycles. The van der Waals surface area contributed by atoms with E-state index in [9.17, 15) is 9.59 Å². The fraction of sp³-hybridized carbons (Fsp3) is 0.273. The minimum absolute atomic E-state index is 0.258. The molecule has 4 rings (SSSR count). The van der Waals surface area contributed by atoms with E-state index in [-0.39, 0.29) is 5.70 Å². The Morgan fingerprint density at radius 2 is 1.69 bits per heavy atom. The molecule has 2 aliphatic heterocycles. The van der Waals surface area contributed by atoms with Crippen LogP contribution in [0.1, 0.15) is 24.2 Å². The van der Waals surface area contributed by atoms with Crippen molar-refractivity contribution in [1.29, 1.82) is 0 Å². The van der Waals surface area contributed by atoms with E-state index >= 15 is 0 Å². The third kappa shape index (κ3) is 3.25. The highest BCUT2D eigenvalue weighted by molar-refractivity contribution is 8.00. The van der Waals surface area contributed by atoms with Crippen molar-refractivity contribution in [2.45, 2.75) is 24.1 Å². The largest absolute Gasteiger partial charge is 0.448 e. The number of esters is 1. The molecule has 0 aromatic heterocycles. The van der Waals surface area contributed by atoms with Crippen molar-refractivity contribution in [2.75, 3.05) is 12.9 Å². The van der Waals surface area contributed by atoms with Gasteiger partial charge < -0.3 is 9.47 Å². The molecule has 2 N–H and O–H groups in total. The number of rotatable bonds is 5. The lowest BCUT2D eigenvalue weighted by molar-refractivity contribution is -0.183. The summed E-state index contributed by atoms with van der Waals surface area (Å²) in [7, 11) is 1.40. The Bertz CT molecular complexity index is 924. The van der Waals surface area contributed by atoms with Crippen molar-refractivity contribution in [2.24, 2.45) is 5.73 Å². The van der Waals surface area contributed by atoms with Crippen LogP contribution in [-0.4, -0.2) is 40.7 Å². The summed E-state index contributed by atoms with van der Waals surface area (Å²) in [4.78, 5) is 27.3.